The van der Waals surface area contributed by atoms with Gasteiger partial charge in [0.2, 0.25) is 0 Å². The molecule has 0 amide bonds. The molecule has 1 nitrogen and oxygen atoms in total. The Balaban J connectivity index is 2.59. The topological polar surface area (TPSA) is 9.23 Å². The van der Waals surface area contributed by atoms with E-state index in [1.165, 1.54) is 0 Å². The van der Waals surface area contributed by atoms with Gasteiger partial charge >= 0.3 is 0 Å². The summed E-state index contributed by atoms with van der Waals surface area (Å²) in [6.07, 6.45) is 0. The quantitative estimate of drug-likeness (QED) is 0.596. The van der Waals surface area contributed by atoms with Gasteiger partial charge in [-0.15, -0.1) is 23.2 Å². The Morgan fingerprint density at radius 1 is 1.20 bits per heavy atom. The van der Waals surface area contributed by atoms with E-state index in [0.717, 1.165) is 0 Å². The Labute approximate surface area is 71.6 Å². The molecule has 2 atom stereocenters. The molecule has 1 rings (SSSR count). The molecule has 10 heavy (non-hydrogen) atoms. The molecule has 0 saturated carbocycles. The van der Waals surface area contributed by atoms with E-state index in [2.05, 4.69) is 0 Å². The van der Waals surface area contributed by atoms with Crippen molar-refractivity contribution in [3.05, 3.63) is 0 Å². The first-order valence-electron chi connectivity index (χ1n) is 3.45. The molecule has 0 aromatic rings. The molecule has 1 heterocycles. The van der Waals surface area contributed by atoms with Gasteiger partial charge in [0.25, 0.3) is 0 Å². The third-order valence-electron chi connectivity index (χ3n) is 2.33. The molecule has 60 valence electrons. The summed E-state index contributed by atoms with van der Waals surface area (Å²) >= 11 is 11.9. The molecule has 0 aromatic heterocycles. The van der Waals surface area contributed by atoms with Crippen molar-refractivity contribution >= 4 is 23.2 Å². The van der Waals surface area contributed by atoms with Gasteiger partial charge in [0.05, 0.1) is 13.2 Å². The first-order chi connectivity index (χ1) is 4.59. The molecule has 0 radical (unpaired) electrons. The second-order valence-corrected chi connectivity index (χ2v) is 4.27. The summed E-state index contributed by atoms with van der Waals surface area (Å²) in [7, 11) is 0. The van der Waals surface area contributed by atoms with Crippen LogP contribution >= 0.6 is 23.2 Å². The minimum absolute atomic E-state index is 0.0309. The summed E-state index contributed by atoms with van der Waals surface area (Å²) in [5.74, 6) is 0. The number of alkyl halides is 2. The number of rotatable bonds is 2. The van der Waals surface area contributed by atoms with Crippen LogP contribution < -0.4 is 0 Å². The summed E-state index contributed by atoms with van der Waals surface area (Å²) in [5, 5.41) is 0.211. The second kappa shape index (κ2) is 2.88. The molecular formula is C7H12Cl2O. The Hall–Kier alpha value is 0.540. The zero-order chi connectivity index (χ0) is 7.78. The van der Waals surface area contributed by atoms with E-state index in [4.69, 9.17) is 27.9 Å². The van der Waals surface area contributed by atoms with Crippen molar-refractivity contribution < 1.29 is 4.74 Å². The maximum absolute atomic E-state index is 5.97. The average Bonchev–Trinajstić information content (AvgIpc) is 1.57. The molecule has 1 saturated heterocycles. The van der Waals surface area contributed by atoms with Crippen LogP contribution in [0.4, 0.5) is 0 Å². The fourth-order valence-electron chi connectivity index (χ4n) is 1.11. The molecule has 1 fully saturated rings. The first kappa shape index (κ1) is 8.63. The lowest BCUT2D eigenvalue weighted by atomic mass is 9.80. The molecule has 0 aromatic carbocycles. The predicted octanol–water partition coefficient (Wildman–Crippen LogP) is 2.26. The van der Waals surface area contributed by atoms with Crippen LogP contribution in [0.25, 0.3) is 0 Å². The Morgan fingerprint density at radius 2 is 1.60 bits per heavy atom. The molecule has 0 spiro atoms. The van der Waals surface area contributed by atoms with Gasteiger partial charge in [0.15, 0.2) is 0 Å². The van der Waals surface area contributed by atoms with Crippen molar-refractivity contribution in [3.8, 4) is 0 Å². The van der Waals surface area contributed by atoms with Gasteiger partial charge in [-0.3, -0.25) is 0 Å². The minimum Gasteiger partial charge on any atom is -0.380 e. The van der Waals surface area contributed by atoms with Crippen molar-refractivity contribution in [2.45, 2.75) is 24.6 Å². The van der Waals surface area contributed by atoms with E-state index in [0.29, 0.717) is 13.2 Å². The Kier molecular flexibility index (Phi) is 2.49. The number of hydrogen-bond donors (Lipinski definition) is 0. The first-order valence-corrected chi connectivity index (χ1v) is 4.33. The van der Waals surface area contributed by atoms with Crippen molar-refractivity contribution in [1.29, 1.82) is 0 Å². The van der Waals surface area contributed by atoms with Crippen LogP contribution in [0.2, 0.25) is 0 Å². The average molecular weight is 183 g/mol. The highest BCUT2D eigenvalue weighted by Crippen LogP contribution is 2.40. The zero-order valence-electron chi connectivity index (χ0n) is 6.23. The largest absolute Gasteiger partial charge is 0.380 e. The van der Waals surface area contributed by atoms with Crippen molar-refractivity contribution in [2.75, 3.05) is 13.2 Å². The van der Waals surface area contributed by atoms with E-state index in [9.17, 15) is 0 Å². The molecule has 1 aliphatic heterocycles. The van der Waals surface area contributed by atoms with Gasteiger partial charge in [-0.1, -0.05) is 0 Å². The highest BCUT2D eigenvalue weighted by molar-refractivity contribution is 6.24. The standard InChI is InChI=1S/C7H12Cl2O/c1-5(8)7(6(2)9)3-10-4-7/h5-6H,3-4H2,1-2H3. The summed E-state index contributed by atoms with van der Waals surface area (Å²) in [5.41, 5.74) is 0.0309. The van der Waals surface area contributed by atoms with Gasteiger partial charge in [0.1, 0.15) is 0 Å². The lowest BCUT2D eigenvalue weighted by Crippen LogP contribution is -2.53. The van der Waals surface area contributed by atoms with Gasteiger partial charge in [-0.25, -0.2) is 0 Å². The van der Waals surface area contributed by atoms with E-state index in [-0.39, 0.29) is 16.2 Å². The van der Waals surface area contributed by atoms with E-state index in [1.807, 2.05) is 13.8 Å². The monoisotopic (exact) mass is 182 g/mol. The van der Waals surface area contributed by atoms with Crippen LogP contribution in [0.15, 0.2) is 0 Å². The van der Waals surface area contributed by atoms with Gasteiger partial charge in [-0.2, -0.15) is 0 Å². The smallest absolute Gasteiger partial charge is 0.0573 e. The fraction of sp³-hybridized carbons (Fsp3) is 1.00. The molecule has 3 heteroatoms. The maximum atomic E-state index is 5.97. The van der Waals surface area contributed by atoms with Crippen molar-refractivity contribution in [1.82, 2.24) is 0 Å². The minimum atomic E-state index is 0.0309. The van der Waals surface area contributed by atoms with Crippen LogP contribution in [0, 0.1) is 5.41 Å². The van der Waals surface area contributed by atoms with Crippen LogP contribution in [0.1, 0.15) is 13.8 Å². The summed E-state index contributed by atoms with van der Waals surface area (Å²) < 4.78 is 5.09. The summed E-state index contributed by atoms with van der Waals surface area (Å²) in [4.78, 5) is 0. The van der Waals surface area contributed by atoms with Gasteiger partial charge in [0, 0.05) is 16.2 Å². The molecule has 0 bridgehead atoms. The van der Waals surface area contributed by atoms with Crippen LogP contribution in [0.5, 0.6) is 0 Å². The van der Waals surface area contributed by atoms with Crippen LogP contribution in [-0.2, 0) is 4.74 Å². The maximum Gasteiger partial charge on any atom is 0.0573 e. The van der Waals surface area contributed by atoms with Crippen LogP contribution in [0.3, 0.4) is 0 Å². The molecule has 0 N–H and O–H groups in total. The second-order valence-electron chi connectivity index (χ2n) is 2.96. The lowest BCUT2D eigenvalue weighted by Gasteiger charge is -2.45. The lowest BCUT2D eigenvalue weighted by molar-refractivity contribution is -0.111. The molecule has 1 aliphatic rings. The predicted molar refractivity (Wildman–Crippen MR) is 43.9 cm³/mol. The van der Waals surface area contributed by atoms with Gasteiger partial charge in [-0.05, 0) is 13.8 Å². The van der Waals surface area contributed by atoms with Gasteiger partial charge < -0.3 is 4.74 Å². The van der Waals surface area contributed by atoms with E-state index in [1.54, 1.807) is 0 Å². The van der Waals surface area contributed by atoms with Crippen molar-refractivity contribution in [2.24, 2.45) is 5.41 Å². The number of hydrogen-bond acceptors (Lipinski definition) is 1. The third kappa shape index (κ3) is 1.15. The number of ether oxygens (including phenoxy) is 1. The molecule has 2 unspecified atom stereocenters. The summed E-state index contributed by atoms with van der Waals surface area (Å²) in [6, 6.07) is 0. The highest BCUT2D eigenvalue weighted by atomic mass is 35.5. The van der Waals surface area contributed by atoms with Crippen LogP contribution in [-0.4, -0.2) is 24.0 Å². The SMILES string of the molecule is CC(Cl)C1(C(C)Cl)COC1. The normalized spacial score (nSPS) is 28.8. The zero-order valence-corrected chi connectivity index (χ0v) is 7.74. The third-order valence-corrected chi connectivity index (χ3v) is 3.20. The molecular weight excluding hydrogens is 171 g/mol. The van der Waals surface area contributed by atoms with E-state index >= 15 is 0 Å². The van der Waals surface area contributed by atoms with Crippen molar-refractivity contribution in [3.63, 3.8) is 0 Å². The fourth-order valence-corrected chi connectivity index (χ4v) is 1.81. The Bertz CT molecular complexity index is 109. The highest BCUT2D eigenvalue weighted by Gasteiger charge is 2.46. The molecule has 0 aliphatic carbocycles. The summed E-state index contributed by atoms with van der Waals surface area (Å²) in [6.45, 7) is 5.37. The van der Waals surface area contributed by atoms with E-state index < -0.39 is 0 Å². The Morgan fingerprint density at radius 3 is 1.60 bits per heavy atom. The number of halogens is 2.